The average Bonchev–Trinajstić information content (AvgIpc) is 2.97. The lowest BCUT2D eigenvalue weighted by atomic mass is 10.2. The van der Waals surface area contributed by atoms with Crippen LogP contribution in [0, 0.1) is 0 Å². The Kier molecular flexibility index (Phi) is 4.03. The van der Waals surface area contributed by atoms with Gasteiger partial charge in [-0.15, -0.1) is 0 Å². The third-order valence-electron chi connectivity index (χ3n) is 3.21. The SMILES string of the molecule is CC(Cn1ccnc1)NC(=O)N1CCCC1C(=O)O. The van der Waals surface area contributed by atoms with Crippen LogP contribution >= 0.6 is 0 Å². The largest absolute Gasteiger partial charge is 0.480 e. The molecule has 2 heterocycles. The maximum absolute atomic E-state index is 12.0. The van der Waals surface area contributed by atoms with Gasteiger partial charge in [-0.3, -0.25) is 0 Å². The zero-order chi connectivity index (χ0) is 13.8. The second kappa shape index (κ2) is 5.73. The number of imidazole rings is 1. The molecule has 0 bridgehead atoms. The van der Waals surface area contributed by atoms with E-state index in [2.05, 4.69) is 10.3 Å². The predicted octanol–water partition coefficient (Wildman–Crippen LogP) is 0.530. The van der Waals surface area contributed by atoms with E-state index in [0.717, 1.165) is 6.42 Å². The summed E-state index contributed by atoms with van der Waals surface area (Å²) in [6, 6.07) is -1.09. The molecule has 0 aromatic carbocycles. The van der Waals surface area contributed by atoms with Crippen LogP contribution in [0.3, 0.4) is 0 Å². The Morgan fingerprint density at radius 3 is 3.00 bits per heavy atom. The molecule has 7 heteroatoms. The number of aliphatic carboxylic acids is 1. The molecule has 1 saturated heterocycles. The third-order valence-corrected chi connectivity index (χ3v) is 3.21. The molecule has 0 radical (unpaired) electrons. The summed E-state index contributed by atoms with van der Waals surface area (Å²) in [7, 11) is 0. The van der Waals surface area contributed by atoms with E-state index in [1.807, 2.05) is 17.7 Å². The number of hydrogen-bond donors (Lipinski definition) is 2. The second-order valence-electron chi connectivity index (χ2n) is 4.80. The summed E-state index contributed by atoms with van der Waals surface area (Å²) in [5.41, 5.74) is 0. The molecule has 1 aromatic heterocycles. The van der Waals surface area contributed by atoms with Crippen molar-refractivity contribution in [1.29, 1.82) is 0 Å². The number of carbonyl (C=O) groups is 2. The first-order valence-electron chi connectivity index (χ1n) is 6.33. The minimum Gasteiger partial charge on any atom is -0.480 e. The van der Waals surface area contributed by atoms with Crippen molar-refractivity contribution in [2.24, 2.45) is 0 Å². The van der Waals surface area contributed by atoms with Crippen LogP contribution in [0.4, 0.5) is 4.79 Å². The van der Waals surface area contributed by atoms with E-state index in [4.69, 9.17) is 5.11 Å². The Bertz CT molecular complexity index is 446. The van der Waals surface area contributed by atoms with Gasteiger partial charge in [-0.1, -0.05) is 0 Å². The second-order valence-corrected chi connectivity index (χ2v) is 4.80. The number of likely N-dealkylation sites (tertiary alicyclic amines) is 1. The van der Waals surface area contributed by atoms with Gasteiger partial charge >= 0.3 is 12.0 Å². The van der Waals surface area contributed by atoms with Crippen molar-refractivity contribution >= 4 is 12.0 Å². The Morgan fingerprint density at radius 2 is 2.37 bits per heavy atom. The Labute approximate surface area is 111 Å². The third kappa shape index (κ3) is 3.24. The first-order chi connectivity index (χ1) is 9.08. The highest BCUT2D eigenvalue weighted by Gasteiger charge is 2.34. The summed E-state index contributed by atoms with van der Waals surface area (Å²) in [5, 5.41) is 11.9. The van der Waals surface area contributed by atoms with Crippen molar-refractivity contribution in [3.8, 4) is 0 Å². The standard InChI is InChI=1S/C12H18N4O3/c1-9(7-15-6-4-13-8-15)14-12(19)16-5-2-3-10(16)11(17)18/h4,6,8-10H,2-3,5,7H2,1H3,(H,14,19)(H,17,18). The van der Waals surface area contributed by atoms with Gasteiger partial charge < -0.3 is 19.9 Å². The van der Waals surface area contributed by atoms with Gasteiger partial charge in [0.25, 0.3) is 0 Å². The smallest absolute Gasteiger partial charge is 0.326 e. The molecule has 1 fully saturated rings. The summed E-state index contributed by atoms with van der Waals surface area (Å²) >= 11 is 0. The molecular weight excluding hydrogens is 248 g/mol. The maximum atomic E-state index is 12.0. The van der Waals surface area contributed by atoms with Crippen LogP contribution in [0.1, 0.15) is 19.8 Å². The zero-order valence-electron chi connectivity index (χ0n) is 10.8. The molecule has 1 aliphatic rings. The number of nitrogens with zero attached hydrogens (tertiary/aromatic N) is 3. The molecule has 0 spiro atoms. The molecule has 2 rings (SSSR count). The number of aromatic nitrogens is 2. The Balaban J connectivity index is 1.88. The lowest BCUT2D eigenvalue weighted by molar-refractivity contribution is -0.141. The normalized spacial score (nSPS) is 20.3. The molecule has 1 aliphatic heterocycles. The lowest BCUT2D eigenvalue weighted by Gasteiger charge is -2.24. The van der Waals surface area contributed by atoms with Gasteiger partial charge in [-0.25, -0.2) is 14.6 Å². The number of carbonyl (C=O) groups excluding carboxylic acids is 1. The number of amides is 2. The molecular formula is C12H18N4O3. The van der Waals surface area contributed by atoms with E-state index in [9.17, 15) is 9.59 Å². The summed E-state index contributed by atoms with van der Waals surface area (Å²) < 4.78 is 1.86. The minimum atomic E-state index is -0.935. The lowest BCUT2D eigenvalue weighted by Crippen LogP contribution is -2.49. The fraction of sp³-hybridized carbons (Fsp3) is 0.583. The van der Waals surface area contributed by atoms with E-state index in [-0.39, 0.29) is 12.1 Å². The number of carboxylic acid groups (broad SMARTS) is 1. The number of nitrogens with one attached hydrogen (secondary N) is 1. The molecule has 1 aromatic rings. The molecule has 2 N–H and O–H groups in total. The maximum Gasteiger partial charge on any atom is 0.326 e. The molecule has 0 aliphatic carbocycles. The Hall–Kier alpha value is -2.05. The van der Waals surface area contributed by atoms with Crippen LogP contribution in [0.5, 0.6) is 0 Å². The van der Waals surface area contributed by atoms with E-state index < -0.39 is 12.0 Å². The molecule has 104 valence electrons. The zero-order valence-corrected chi connectivity index (χ0v) is 10.8. The number of hydrogen-bond acceptors (Lipinski definition) is 3. The first kappa shape index (κ1) is 13.4. The van der Waals surface area contributed by atoms with Crippen LogP contribution in [0.15, 0.2) is 18.7 Å². The monoisotopic (exact) mass is 266 g/mol. The van der Waals surface area contributed by atoms with Gasteiger partial charge in [0, 0.05) is 31.5 Å². The van der Waals surface area contributed by atoms with Gasteiger partial charge in [-0.2, -0.15) is 0 Å². The van der Waals surface area contributed by atoms with Crippen LogP contribution in [0.25, 0.3) is 0 Å². The van der Waals surface area contributed by atoms with Crippen LogP contribution in [0.2, 0.25) is 0 Å². The van der Waals surface area contributed by atoms with Crippen molar-refractivity contribution in [3.63, 3.8) is 0 Å². The summed E-state index contributed by atoms with van der Waals surface area (Å²) in [6.07, 6.45) is 6.44. The molecule has 7 nitrogen and oxygen atoms in total. The molecule has 0 saturated carbocycles. The van der Waals surface area contributed by atoms with E-state index in [1.54, 1.807) is 12.5 Å². The minimum absolute atomic E-state index is 0.0863. The van der Waals surface area contributed by atoms with Crippen molar-refractivity contribution in [2.75, 3.05) is 6.54 Å². The van der Waals surface area contributed by atoms with Gasteiger partial charge in [-0.05, 0) is 19.8 Å². The van der Waals surface area contributed by atoms with Crippen LogP contribution < -0.4 is 5.32 Å². The van der Waals surface area contributed by atoms with Gasteiger partial charge in [0.05, 0.1) is 6.33 Å². The number of carboxylic acids is 1. The topological polar surface area (TPSA) is 87.5 Å². The molecule has 2 unspecified atom stereocenters. The Morgan fingerprint density at radius 1 is 1.58 bits per heavy atom. The highest BCUT2D eigenvalue weighted by molar-refractivity contribution is 5.83. The van der Waals surface area contributed by atoms with Gasteiger partial charge in [0.2, 0.25) is 0 Å². The van der Waals surface area contributed by atoms with Crippen molar-refractivity contribution in [2.45, 2.75) is 38.4 Å². The molecule has 2 atom stereocenters. The fourth-order valence-electron chi connectivity index (χ4n) is 2.32. The van der Waals surface area contributed by atoms with Crippen molar-refractivity contribution < 1.29 is 14.7 Å². The predicted molar refractivity (Wildman–Crippen MR) is 67.6 cm³/mol. The molecule has 2 amide bonds. The van der Waals surface area contributed by atoms with Gasteiger partial charge in [0.1, 0.15) is 6.04 Å². The van der Waals surface area contributed by atoms with E-state index >= 15 is 0 Å². The first-order valence-corrected chi connectivity index (χ1v) is 6.33. The fourth-order valence-corrected chi connectivity index (χ4v) is 2.32. The van der Waals surface area contributed by atoms with E-state index in [1.165, 1.54) is 4.90 Å². The van der Waals surface area contributed by atoms with Crippen LogP contribution in [-0.2, 0) is 11.3 Å². The van der Waals surface area contributed by atoms with Gasteiger partial charge in [0.15, 0.2) is 0 Å². The highest BCUT2D eigenvalue weighted by atomic mass is 16.4. The summed E-state index contributed by atoms with van der Waals surface area (Å²) in [5.74, 6) is -0.935. The summed E-state index contributed by atoms with van der Waals surface area (Å²) in [4.78, 5) is 28.4. The van der Waals surface area contributed by atoms with Crippen molar-refractivity contribution in [1.82, 2.24) is 19.8 Å². The molecule has 19 heavy (non-hydrogen) atoms. The highest BCUT2D eigenvalue weighted by Crippen LogP contribution is 2.17. The van der Waals surface area contributed by atoms with Crippen LogP contribution in [-0.4, -0.2) is 50.2 Å². The quantitative estimate of drug-likeness (QED) is 0.832. The van der Waals surface area contributed by atoms with Crippen molar-refractivity contribution in [3.05, 3.63) is 18.7 Å². The number of rotatable bonds is 4. The average molecular weight is 266 g/mol. The van der Waals surface area contributed by atoms with E-state index in [0.29, 0.717) is 19.5 Å². The number of urea groups is 1. The summed E-state index contributed by atoms with van der Waals surface area (Å²) in [6.45, 7) is 2.99.